The summed E-state index contributed by atoms with van der Waals surface area (Å²) < 4.78 is 5.36. The molecule has 0 aliphatic rings. The fraction of sp³-hybridized carbons (Fsp3) is 0.933. The molecule has 34 heavy (non-hydrogen) atoms. The Morgan fingerprint density at radius 1 is 0.500 bits per heavy atom. The SMILES string of the molecule is CCCCCCCCCN(CCCCCCCCC)C(=O)CCC(=O)OCCCCCCCC. The minimum atomic E-state index is -0.214. The third-order valence-corrected chi connectivity index (χ3v) is 6.72. The highest BCUT2D eigenvalue weighted by atomic mass is 16.5. The van der Waals surface area contributed by atoms with Crippen molar-refractivity contribution in [1.82, 2.24) is 4.90 Å². The molecular formula is C30H59NO3. The van der Waals surface area contributed by atoms with E-state index in [4.69, 9.17) is 4.74 Å². The quantitative estimate of drug-likeness (QED) is 0.0914. The van der Waals surface area contributed by atoms with Gasteiger partial charge in [-0.1, -0.05) is 130 Å². The van der Waals surface area contributed by atoms with E-state index in [9.17, 15) is 9.59 Å². The van der Waals surface area contributed by atoms with Crippen molar-refractivity contribution in [3.63, 3.8) is 0 Å². The van der Waals surface area contributed by atoms with E-state index in [1.165, 1.54) is 103 Å². The maximum atomic E-state index is 12.9. The molecule has 0 rings (SSSR count). The lowest BCUT2D eigenvalue weighted by atomic mass is 10.1. The van der Waals surface area contributed by atoms with Crippen LogP contribution in [0.5, 0.6) is 0 Å². The van der Waals surface area contributed by atoms with Crippen molar-refractivity contribution < 1.29 is 14.3 Å². The molecular weight excluding hydrogens is 422 g/mol. The first kappa shape index (κ1) is 32.9. The lowest BCUT2D eigenvalue weighted by Crippen LogP contribution is -2.33. The molecule has 4 nitrogen and oxygen atoms in total. The molecule has 0 aromatic heterocycles. The average molecular weight is 482 g/mol. The van der Waals surface area contributed by atoms with Gasteiger partial charge in [-0.25, -0.2) is 0 Å². The first-order valence-electron chi connectivity index (χ1n) is 15.1. The zero-order chi connectivity index (χ0) is 25.1. The molecule has 0 spiro atoms. The number of carbonyl (C=O) groups excluding carboxylic acids is 2. The number of ether oxygens (including phenoxy) is 1. The number of hydrogen-bond donors (Lipinski definition) is 0. The number of rotatable bonds is 26. The monoisotopic (exact) mass is 481 g/mol. The Labute approximate surface area is 213 Å². The predicted octanol–water partition coefficient (Wildman–Crippen LogP) is 9.00. The number of hydrogen-bond acceptors (Lipinski definition) is 3. The fourth-order valence-corrected chi connectivity index (χ4v) is 4.39. The zero-order valence-electron chi connectivity index (χ0n) is 23.3. The van der Waals surface area contributed by atoms with Gasteiger partial charge in [0.15, 0.2) is 0 Å². The van der Waals surface area contributed by atoms with Gasteiger partial charge in [0.05, 0.1) is 13.0 Å². The number of amides is 1. The van der Waals surface area contributed by atoms with Crippen molar-refractivity contribution in [2.45, 2.75) is 162 Å². The highest BCUT2D eigenvalue weighted by molar-refractivity contribution is 5.81. The van der Waals surface area contributed by atoms with Crippen molar-refractivity contribution >= 4 is 11.9 Å². The average Bonchev–Trinajstić information content (AvgIpc) is 2.84. The van der Waals surface area contributed by atoms with Gasteiger partial charge in [0, 0.05) is 19.5 Å². The zero-order valence-corrected chi connectivity index (χ0v) is 23.3. The van der Waals surface area contributed by atoms with Crippen LogP contribution < -0.4 is 0 Å². The lowest BCUT2D eigenvalue weighted by molar-refractivity contribution is -0.146. The summed E-state index contributed by atoms with van der Waals surface area (Å²) in [4.78, 5) is 27.0. The Kier molecular flexibility index (Phi) is 25.7. The molecule has 0 atom stereocenters. The van der Waals surface area contributed by atoms with Crippen LogP contribution in [-0.2, 0) is 14.3 Å². The van der Waals surface area contributed by atoms with Gasteiger partial charge >= 0.3 is 5.97 Å². The predicted molar refractivity (Wildman–Crippen MR) is 146 cm³/mol. The molecule has 0 unspecified atom stereocenters. The second-order valence-electron chi connectivity index (χ2n) is 10.1. The van der Waals surface area contributed by atoms with Gasteiger partial charge in [0.1, 0.15) is 0 Å². The Morgan fingerprint density at radius 2 is 0.882 bits per heavy atom. The molecule has 1 amide bonds. The third-order valence-electron chi connectivity index (χ3n) is 6.72. The maximum absolute atomic E-state index is 12.9. The van der Waals surface area contributed by atoms with Crippen LogP contribution in [0.2, 0.25) is 0 Å². The summed E-state index contributed by atoms with van der Waals surface area (Å²) in [6.45, 7) is 8.90. The van der Waals surface area contributed by atoms with E-state index >= 15 is 0 Å². The summed E-state index contributed by atoms with van der Waals surface area (Å²) in [5, 5.41) is 0. The van der Waals surface area contributed by atoms with Crippen LogP contribution in [-0.4, -0.2) is 36.5 Å². The van der Waals surface area contributed by atoms with Crippen molar-refractivity contribution in [2.75, 3.05) is 19.7 Å². The van der Waals surface area contributed by atoms with E-state index in [1.807, 2.05) is 4.90 Å². The van der Waals surface area contributed by atoms with Crippen LogP contribution in [0.4, 0.5) is 0 Å². The molecule has 0 saturated carbocycles. The molecule has 0 aromatic carbocycles. The Hall–Kier alpha value is -1.06. The molecule has 0 heterocycles. The Balaban J connectivity index is 4.17. The van der Waals surface area contributed by atoms with E-state index < -0.39 is 0 Å². The van der Waals surface area contributed by atoms with Crippen LogP contribution in [0.1, 0.15) is 162 Å². The molecule has 4 heteroatoms. The van der Waals surface area contributed by atoms with Gasteiger partial charge in [0.25, 0.3) is 0 Å². The minimum absolute atomic E-state index is 0.133. The summed E-state index contributed by atoms with van der Waals surface area (Å²) in [7, 11) is 0. The molecule has 0 aliphatic heterocycles. The van der Waals surface area contributed by atoms with Crippen molar-refractivity contribution in [2.24, 2.45) is 0 Å². The standard InChI is InChI=1S/C30H59NO3/c1-4-7-10-13-16-18-21-26-31(27-22-19-17-14-11-8-5-2)29(32)24-25-30(33)34-28-23-20-15-12-9-6-3/h4-28H2,1-3H3. The summed E-state index contributed by atoms with van der Waals surface area (Å²) in [6, 6.07) is 0. The highest BCUT2D eigenvalue weighted by Crippen LogP contribution is 2.12. The van der Waals surface area contributed by atoms with Crippen molar-refractivity contribution in [3.8, 4) is 0 Å². The molecule has 0 saturated heterocycles. The summed E-state index contributed by atoms with van der Waals surface area (Å²) >= 11 is 0. The maximum Gasteiger partial charge on any atom is 0.306 e. The van der Waals surface area contributed by atoms with Crippen LogP contribution in [0.3, 0.4) is 0 Å². The van der Waals surface area contributed by atoms with Gasteiger partial charge < -0.3 is 9.64 Å². The van der Waals surface area contributed by atoms with Crippen molar-refractivity contribution in [3.05, 3.63) is 0 Å². The molecule has 0 bridgehead atoms. The summed E-state index contributed by atoms with van der Waals surface area (Å²) in [5.74, 6) is -0.0813. The van der Waals surface area contributed by atoms with E-state index in [2.05, 4.69) is 20.8 Å². The fourth-order valence-electron chi connectivity index (χ4n) is 4.39. The van der Waals surface area contributed by atoms with Crippen LogP contribution in [0.25, 0.3) is 0 Å². The molecule has 202 valence electrons. The molecule has 0 radical (unpaired) electrons. The second kappa shape index (κ2) is 26.5. The third kappa shape index (κ3) is 22.7. The van der Waals surface area contributed by atoms with Gasteiger partial charge in [-0.05, 0) is 19.3 Å². The molecule has 0 fully saturated rings. The van der Waals surface area contributed by atoms with E-state index in [1.54, 1.807) is 0 Å². The highest BCUT2D eigenvalue weighted by Gasteiger charge is 2.15. The normalized spacial score (nSPS) is 11.0. The van der Waals surface area contributed by atoms with E-state index in [0.717, 1.165) is 38.8 Å². The largest absolute Gasteiger partial charge is 0.466 e. The van der Waals surface area contributed by atoms with Gasteiger partial charge in [-0.2, -0.15) is 0 Å². The number of unbranched alkanes of at least 4 members (excludes halogenated alkanes) is 17. The number of esters is 1. The van der Waals surface area contributed by atoms with Gasteiger partial charge in [-0.3, -0.25) is 9.59 Å². The smallest absolute Gasteiger partial charge is 0.306 e. The summed E-state index contributed by atoms with van der Waals surface area (Å²) in [5.41, 5.74) is 0. The molecule has 0 aliphatic carbocycles. The minimum Gasteiger partial charge on any atom is -0.466 e. The topological polar surface area (TPSA) is 46.6 Å². The van der Waals surface area contributed by atoms with Crippen LogP contribution >= 0.6 is 0 Å². The first-order chi connectivity index (χ1) is 16.7. The van der Waals surface area contributed by atoms with Crippen LogP contribution in [0, 0.1) is 0 Å². The molecule has 0 N–H and O–H groups in total. The van der Waals surface area contributed by atoms with Crippen LogP contribution in [0.15, 0.2) is 0 Å². The lowest BCUT2D eigenvalue weighted by Gasteiger charge is -2.23. The van der Waals surface area contributed by atoms with Crippen molar-refractivity contribution in [1.29, 1.82) is 0 Å². The molecule has 0 aromatic rings. The van der Waals surface area contributed by atoms with E-state index in [0.29, 0.717) is 13.0 Å². The van der Waals surface area contributed by atoms with E-state index in [-0.39, 0.29) is 18.3 Å². The first-order valence-corrected chi connectivity index (χ1v) is 15.1. The number of nitrogens with zero attached hydrogens (tertiary/aromatic N) is 1. The van der Waals surface area contributed by atoms with Gasteiger partial charge in [0.2, 0.25) is 5.91 Å². The Bertz CT molecular complexity index is 434. The summed E-state index contributed by atoms with van der Waals surface area (Å²) in [6.07, 6.45) is 25.2. The van der Waals surface area contributed by atoms with Gasteiger partial charge in [-0.15, -0.1) is 0 Å². The number of carbonyl (C=O) groups is 2. The Morgan fingerprint density at radius 3 is 1.32 bits per heavy atom. The second-order valence-corrected chi connectivity index (χ2v) is 10.1.